The zero-order chi connectivity index (χ0) is 25.2. The summed E-state index contributed by atoms with van der Waals surface area (Å²) >= 11 is 6.31. The van der Waals surface area contributed by atoms with Gasteiger partial charge in [0, 0.05) is 22.5 Å². The molecule has 1 heterocycles. The van der Waals surface area contributed by atoms with Gasteiger partial charge in [-0.3, -0.25) is 14.1 Å². The summed E-state index contributed by atoms with van der Waals surface area (Å²) in [7, 11) is -4.39. The largest absolute Gasteiger partial charge is 0.458 e. The van der Waals surface area contributed by atoms with Crippen LogP contribution in [0.1, 0.15) is 16.8 Å². The molecule has 2 aromatic rings. The van der Waals surface area contributed by atoms with Gasteiger partial charge in [-0.25, -0.2) is 4.79 Å². The molecular weight excluding hydrogens is 821 g/mol. The summed E-state index contributed by atoms with van der Waals surface area (Å²) in [6, 6.07) is 8.41. The Morgan fingerprint density at radius 1 is 1.03 bits per heavy atom. The molecule has 2 aromatic carbocycles. The first kappa shape index (κ1) is 25.6. The van der Waals surface area contributed by atoms with Crippen LogP contribution in [0, 0.1) is 34.4 Å². The number of benzene rings is 2. The van der Waals surface area contributed by atoms with E-state index in [1.165, 1.54) is 12.1 Å². The fraction of sp³-hybridized carbons (Fsp3) is 0.318. The van der Waals surface area contributed by atoms with Crippen molar-refractivity contribution in [2.75, 3.05) is 0 Å². The average Bonchev–Trinajstić information content (AvgIpc) is 3.36. The van der Waals surface area contributed by atoms with Crippen LogP contribution in [0.4, 0.5) is 0 Å². The van der Waals surface area contributed by atoms with Crippen molar-refractivity contribution in [1.82, 2.24) is 0 Å². The number of halogens is 3. The van der Waals surface area contributed by atoms with Crippen LogP contribution in [0.2, 0.25) is 0 Å². The predicted molar refractivity (Wildman–Crippen MR) is 144 cm³/mol. The van der Waals surface area contributed by atoms with Gasteiger partial charge in [0.2, 0.25) is 0 Å². The summed E-state index contributed by atoms with van der Waals surface area (Å²) in [6.07, 6.45) is -0.888. The maximum atomic E-state index is 13.1. The molecule has 6 unspecified atom stereocenters. The van der Waals surface area contributed by atoms with Gasteiger partial charge in [0.15, 0.2) is 0 Å². The first-order valence-electron chi connectivity index (χ1n) is 10.3. The van der Waals surface area contributed by atoms with Crippen molar-refractivity contribution in [2.45, 2.75) is 23.5 Å². The second-order valence-electron chi connectivity index (χ2n) is 8.50. The summed E-state index contributed by atoms with van der Waals surface area (Å²) < 4.78 is 50.8. The van der Waals surface area contributed by atoms with Gasteiger partial charge < -0.3 is 14.2 Å². The minimum atomic E-state index is -4.39. The molecule has 1 aliphatic heterocycles. The van der Waals surface area contributed by atoms with Crippen molar-refractivity contribution in [2.24, 2.45) is 23.7 Å². The van der Waals surface area contributed by atoms with Crippen molar-refractivity contribution >= 4 is 95.8 Å². The highest BCUT2D eigenvalue weighted by Gasteiger charge is 2.70. The molecule has 0 amide bonds. The third kappa shape index (κ3) is 4.59. The summed E-state index contributed by atoms with van der Waals surface area (Å²) in [5, 5.41) is 0. The lowest BCUT2D eigenvalue weighted by molar-refractivity contribution is -0.149. The van der Waals surface area contributed by atoms with E-state index in [1.54, 1.807) is 0 Å². The highest BCUT2D eigenvalue weighted by molar-refractivity contribution is 14.1. The van der Waals surface area contributed by atoms with Crippen LogP contribution in [0.15, 0.2) is 41.3 Å². The molecule has 2 bridgehead atoms. The minimum Gasteiger partial charge on any atom is -0.458 e. The number of carbonyl (C=O) groups is 3. The molecular formula is C22H15I3O9S. The summed E-state index contributed by atoms with van der Waals surface area (Å²) in [5.41, 5.74) is 0.424. The zero-order valence-electron chi connectivity index (χ0n) is 17.4. The Morgan fingerprint density at radius 2 is 1.66 bits per heavy atom. The van der Waals surface area contributed by atoms with Crippen LogP contribution in [0.5, 0.6) is 5.75 Å². The fourth-order valence-corrected chi connectivity index (χ4v) is 9.76. The predicted octanol–water partition coefficient (Wildman–Crippen LogP) is 3.69. The maximum absolute atomic E-state index is 13.1. The highest BCUT2D eigenvalue weighted by Crippen LogP contribution is 2.59. The number of hydrogen-bond acceptors (Lipinski definition) is 8. The molecule has 13 heteroatoms. The van der Waals surface area contributed by atoms with Crippen molar-refractivity contribution < 1.29 is 41.6 Å². The number of ether oxygens (including phenoxy) is 3. The zero-order valence-corrected chi connectivity index (χ0v) is 24.7. The molecule has 9 nitrogen and oxygen atoms in total. The summed E-state index contributed by atoms with van der Waals surface area (Å²) in [6.45, 7) is 0. The standard InChI is InChI=1S/C22H15I3O9S/c23-8-5-13(24)17(14(25)6-8)22(28)34-19-11-7-12-16(21(27)33-18(12)19)15(11)20(26)32-9-1-3-10(4-2-9)35(29,30)31/h1-6,11-12,15-16,18-19H,7H2,(H,29,30,31). The molecule has 5 rings (SSSR count). The Morgan fingerprint density at radius 3 is 2.26 bits per heavy atom. The number of rotatable bonds is 5. The van der Waals surface area contributed by atoms with E-state index in [2.05, 4.69) is 67.8 Å². The van der Waals surface area contributed by atoms with E-state index in [0.29, 0.717) is 12.0 Å². The molecule has 1 N–H and O–H groups in total. The molecule has 3 fully saturated rings. The van der Waals surface area contributed by atoms with Gasteiger partial charge in [0.25, 0.3) is 10.1 Å². The lowest BCUT2D eigenvalue weighted by atomic mass is 9.78. The maximum Gasteiger partial charge on any atom is 0.340 e. The Bertz CT molecular complexity index is 1340. The summed E-state index contributed by atoms with van der Waals surface area (Å²) in [5.74, 6) is -3.91. The number of esters is 3. The minimum absolute atomic E-state index is 0.0598. The second-order valence-corrected chi connectivity index (χ2v) is 13.5. The monoisotopic (exact) mass is 836 g/mol. The second kappa shape index (κ2) is 9.36. The fourth-order valence-electron chi connectivity index (χ4n) is 5.25. The van der Waals surface area contributed by atoms with Crippen LogP contribution in [0.3, 0.4) is 0 Å². The van der Waals surface area contributed by atoms with Crippen molar-refractivity contribution in [1.29, 1.82) is 0 Å². The third-order valence-electron chi connectivity index (χ3n) is 6.61. The highest BCUT2D eigenvalue weighted by atomic mass is 127. The molecule has 0 radical (unpaired) electrons. The van der Waals surface area contributed by atoms with E-state index < -0.39 is 58.0 Å². The molecule has 2 aliphatic carbocycles. The Kier molecular flexibility index (Phi) is 6.84. The van der Waals surface area contributed by atoms with Crippen molar-refractivity contribution in [3.8, 4) is 5.75 Å². The van der Waals surface area contributed by atoms with Gasteiger partial charge in [0.1, 0.15) is 18.0 Å². The number of hydrogen-bond donors (Lipinski definition) is 1. The lowest BCUT2D eigenvalue weighted by Crippen LogP contribution is -2.44. The van der Waals surface area contributed by atoms with Crippen LogP contribution in [0.25, 0.3) is 0 Å². The quantitative estimate of drug-likeness (QED) is 0.208. The topological polar surface area (TPSA) is 133 Å². The molecule has 2 saturated carbocycles. The first-order valence-corrected chi connectivity index (χ1v) is 15.0. The first-order chi connectivity index (χ1) is 16.5. The van der Waals surface area contributed by atoms with Gasteiger partial charge in [-0.05, 0) is 111 Å². The van der Waals surface area contributed by atoms with Crippen LogP contribution < -0.4 is 4.74 Å². The number of fused-ring (bicyclic) bond motifs is 1. The van der Waals surface area contributed by atoms with Gasteiger partial charge in [-0.15, -0.1) is 0 Å². The molecule has 3 aliphatic rings. The smallest absolute Gasteiger partial charge is 0.340 e. The molecule has 6 atom stereocenters. The molecule has 1 saturated heterocycles. The van der Waals surface area contributed by atoms with Gasteiger partial charge >= 0.3 is 17.9 Å². The molecule has 184 valence electrons. The van der Waals surface area contributed by atoms with E-state index in [0.717, 1.165) is 22.8 Å². The van der Waals surface area contributed by atoms with Gasteiger partial charge in [-0.2, -0.15) is 8.42 Å². The van der Waals surface area contributed by atoms with Crippen molar-refractivity contribution in [3.05, 3.63) is 52.7 Å². The van der Waals surface area contributed by atoms with Gasteiger partial charge in [-0.1, -0.05) is 0 Å². The lowest BCUT2D eigenvalue weighted by Gasteiger charge is -2.30. The molecule has 0 spiro atoms. The van der Waals surface area contributed by atoms with Crippen LogP contribution in [-0.2, 0) is 29.2 Å². The molecule has 35 heavy (non-hydrogen) atoms. The van der Waals surface area contributed by atoms with Crippen LogP contribution >= 0.6 is 67.8 Å². The van der Waals surface area contributed by atoms with E-state index in [-0.39, 0.29) is 16.6 Å². The Hall–Kier alpha value is -1.05. The Balaban J connectivity index is 1.37. The van der Waals surface area contributed by atoms with E-state index in [1.807, 2.05) is 12.1 Å². The normalized spacial score (nSPS) is 28.6. The summed E-state index contributed by atoms with van der Waals surface area (Å²) in [4.78, 5) is 38.5. The van der Waals surface area contributed by atoms with Crippen LogP contribution in [-0.4, -0.2) is 43.1 Å². The third-order valence-corrected chi connectivity index (χ3v) is 9.80. The molecule has 0 aromatic heterocycles. The van der Waals surface area contributed by atoms with E-state index in [4.69, 9.17) is 18.8 Å². The SMILES string of the molecule is O=C(OC1C2CC3C1OC(=O)C3C2C(=O)Oc1ccc(S(=O)(=O)O)cc1)c1c(I)cc(I)cc1I. The number of carbonyl (C=O) groups excluding carboxylic acids is 3. The van der Waals surface area contributed by atoms with E-state index in [9.17, 15) is 22.8 Å². The van der Waals surface area contributed by atoms with Crippen molar-refractivity contribution in [3.63, 3.8) is 0 Å². The van der Waals surface area contributed by atoms with Gasteiger partial charge in [0.05, 0.1) is 22.3 Å². The average molecular weight is 836 g/mol. The van der Waals surface area contributed by atoms with E-state index >= 15 is 0 Å². The Labute approximate surface area is 240 Å².